The molecule has 0 aliphatic carbocycles. The third-order valence-electron chi connectivity index (χ3n) is 9.29. The molecule has 1 aromatic heterocycles. The van der Waals surface area contributed by atoms with Gasteiger partial charge in [-0.15, -0.1) is 0 Å². The smallest absolute Gasteiger partial charge is 0.317 e. The first-order valence-corrected chi connectivity index (χ1v) is 17.9. The highest BCUT2D eigenvalue weighted by Gasteiger charge is 2.23. The monoisotopic (exact) mass is 761 g/mol. The number of rotatable bonds is 17. The summed E-state index contributed by atoms with van der Waals surface area (Å²) in [6, 6.07) is 14.3. The Morgan fingerprint density at radius 2 is 1.20 bits per heavy atom. The Kier molecular flexibility index (Phi) is 16.3. The van der Waals surface area contributed by atoms with E-state index < -0.39 is 17.9 Å². The summed E-state index contributed by atoms with van der Waals surface area (Å²) in [6.07, 6.45) is 3.35. The number of nitrogens with zero attached hydrogens (tertiary/aromatic N) is 6. The van der Waals surface area contributed by atoms with Crippen LogP contribution in [0.5, 0.6) is 0 Å². The number of hydrogen-bond donors (Lipinski definition) is 4. The van der Waals surface area contributed by atoms with Gasteiger partial charge in [-0.3, -0.25) is 53.4 Å². The number of aldehydes is 2. The molecule has 1 aliphatic rings. The quantitative estimate of drug-likeness (QED) is 0.108. The van der Waals surface area contributed by atoms with Gasteiger partial charge in [0.15, 0.2) is 6.29 Å². The van der Waals surface area contributed by atoms with E-state index >= 15 is 0 Å². The van der Waals surface area contributed by atoms with Crippen LogP contribution in [0.2, 0.25) is 0 Å². The fraction of sp³-hybridized carbons (Fsp3) is 0.421. The van der Waals surface area contributed by atoms with E-state index in [4.69, 9.17) is 0 Å². The summed E-state index contributed by atoms with van der Waals surface area (Å²) in [5.41, 5.74) is 3.38. The van der Waals surface area contributed by atoms with Crippen molar-refractivity contribution in [1.29, 1.82) is 0 Å². The second-order valence-electron chi connectivity index (χ2n) is 13.2. The van der Waals surface area contributed by atoms with Crippen LogP contribution in [0.1, 0.15) is 27.1 Å². The number of carbonyl (C=O) groups excluding carboxylic acids is 4. The van der Waals surface area contributed by atoms with Crippen LogP contribution in [-0.2, 0) is 24.0 Å². The zero-order valence-corrected chi connectivity index (χ0v) is 30.5. The van der Waals surface area contributed by atoms with Gasteiger partial charge >= 0.3 is 17.9 Å². The fourth-order valence-corrected chi connectivity index (χ4v) is 6.32. The number of fused-ring (bicyclic) bond motifs is 1. The maximum Gasteiger partial charge on any atom is 0.317 e. The molecule has 4 N–H and O–H groups in total. The molecule has 0 radical (unpaired) electrons. The summed E-state index contributed by atoms with van der Waals surface area (Å²) in [4.78, 5) is 96.5. The molecule has 1 aliphatic heterocycles. The van der Waals surface area contributed by atoms with Crippen LogP contribution >= 0.6 is 0 Å². The first-order valence-electron chi connectivity index (χ1n) is 17.9. The average Bonchev–Trinajstić information content (AvgIpc) is 3.15. The molecular weight excluding hydrogens is 714 g/mol. The largest absolute Gasteiger partial charge is 0.480 e. The molecule has 2 amide bonds. The summed E-state index contributed by atoms with van der Waals surface area (Å²) in [5, 5.41) is 31.9. The second kappa shape index (κ2) is 21.3. The number of amides is 2. The molecule has 0 saturated carbocycles. The van der Waals surface area contributed by atoms with Gasteiger partial charge in [0.1, 0.15) is 6.29 Å². The van der Waals surface area contributed by atoms with Crippen LogP contribution in [0.4, 0.5) is 0 Å². The van der Waals surface area contributed by atoms with E-state index in [-0.39, 0.29) is 110 Å². The van der Waals surface area contributed by atoms with Gasteiger partial charge in [0.25, 0.3) is 5.91 Å². The molecule has 4 rings (SSSR count). The van der Waals surface area contributed by atoms with Gasteiger partial charge in [0, 0.05) is 88.2 Å². The summed E-state index contributed by atoms with van der Waals surface area (Å²) >= 11 is 0. The number of aromatic nitrogens is 1. The SMILES string of the molecule is O=CCN(CCCNC(=O)c1ccc(-c2ccc3nccc(C=O)c3c2)cc1)C(=O)CN1CCN(CC(=O)O)CCN(CC(=O)O)CCN(CC(=O)O)CC1. The summed E-state index contributed by atoms with van der Waals surface area (Å²) in [6.45, 7) is 1.32. The highest BCUT2D eigenvalue weighted by atomic mass is 16.4. The Morgan fingerprint density at radius 1 is 0.691 bits per heavy atom. The van der Waals surface area contributed by atoms with Crippen molar-refractivity contribution in [1.82, 2.24) is 34.8 Å². The predicted molar refractivity (Wildman–Crippen MR) is 201 cm³/mol. The molecule has 0 spiro atoms. The van der Waals surface area contributed by atoms with Crippen LogP contribution in [0, 0.1) is 0 Å². The van der Waals surface area contributed by atoms with Crippen molar-refractivity contribution in [2.24, 2.45) is 0 Å². The minimum absolute atomic E-state index is 0.107. The molecule has 0 bridgehead atoms. The summed E-state index contributed by atoms with van der Waals surface area (Å²) < 4.78 is 0. The molecule has 0 atom stereocenters. The number of nitrogens with one attached hydrogen (secondary N) is 1. The van der Waals surface area contributed by atoms with Crippen molar-refractivity contribution in [3.05, 3.63) is 65.9 Å². The zero-order valence-electron chi connectivity index (χ0n) is 30.5. The topological polar surface area (TPSA) is 221 Å². The maximum absolute atomic E-state index is 13.5. The van der Waals surface area contributed by atoms with Crippen molar-refractivity contribution >= 4 is 53.2 Å². The van der Waals surface area contributed by atoms with Crippen LogP contribution < -0.4 is 5.32 Å². The molecule has 2 aromatic carbocycles. The molecule has 1 saturated heterocycles. The third-order valence-corrected chi connectivity index (χ3v) is 9.29. The first-order chi connectivity index (χ1) is 26.4. The zero-order chi connectivity index (χ0) is 39.7. The van der Waals surface area contributed by atoms with E-state index in [1.54, 1.807) is 44.0 Å². The molecule has 17 heteroatoms. The van der Waals surface area contributed by atoms with Crippen molar-refractivity contribution in [3.63, 3.8) is 0 Å². The number of carbonyl (C=O) groups is 7. The molecule has 2 heterocycles. The Balaban J connectivity index is 1.33. The van der Waals surface area contributed by atoms with Gasteiger partial charge in [0.05, 0.1) is 38.2 Å². The highest BCUT2D eigenvalue weighted by molar-refractivity contribution is 5.98. The van der Waals surface area contributed by atoms with Gasteiger partial charge in [-0.1, -0.05) is 18.2 Å². The van der Waals surface area contributed by atoms with Crippen molar-refractivity contribution in [2.45, 2.75) is 6.42 Å². The minimum atomic E-state index is -1.05. The van der Waals surface area contributed by atoms with Gasteiger partial charge in [0.2, 0.25) is 5.91 Å². The number of carboxylic acid groups (broad SMARTS) is 3. The van der Waals surface area contributed by atoms with Crippen LogP contribution in [0.25, 0.3) is 22.0 Å². The standard InChI is InChI=1S/C38H47N7O10/c46-21-20-45(11-1-9-40-38(55)29-4-2-28(3-5-29)30-6-7-33-32(22-30)31(27-47)8-10-39-33)34(48)23-41-12-14-42(24-35(49)50)16-18-44(26-37(53)54)19-17-43(15-13-41)25-36(51)52/h2-8,10,21-22,27H,1,9,11-20,23-26H2,(H,40,55)(H,49,50)(H,51,52)(H,53,54). The van der Waals surface area contributed by atoms with Gasteiger partial charge in [-0.2, -0.15) is 0 Å². The highest BCUT2D eigenvalue weighted by Crippen LogP contribution is 2.25. The molecular formula is C38H47N7O10. The van der Waals surface area contributed by atoms with E-state index in [0.717, 1.165) is 22.8 Å². The van der Waals surface area contributed by atoms with Gasteiger partial charge < -0.3 is 30.3 Å². The molecule has 294 valence electrons. The summed E-state index contributed by atoms with van der Waals surface area (Å²) in [5.74, 6) is -3.82. The lowest BCUT2D eigenvalue weighted by Gasteiger charge is -2.33. The van der Waals surface area contributed by atoms with E-state index in [0.29, 0.717) is 29.4 Å². The average molecular weight is 762 g/mol. The summed E-state index contributed by atoms with van der Waals surface area (Å²) in [7, 11) is 0. The van der Waals surface area contributed by atoms with Crippen LogP contribution in [0.15, 0.2) is 54.7 Å². The van der Waals surface area contributed by atoms with Gasteiger partial charge in [-0.05, 0) is 47.9 Å². The molecule has 55 heavy (non-hydrogen) atoms. The second-order valence-corrected chi connectivity index (χ2v) is 13.2. The number of carboxylic acids is 3. The Bertz CT molecular complexity index is 1790. The lowest BCUT2D eigenvalue weighted by molar-refractivity contribution is -0.140. The third kappa shape index (κ3) is 13.6. The number of benzene rings is 2. The van der Waals surface area contributed by atoms with E-state index in [2.05, 4.69) is 10.3 Å². The first kappa shape index (κ1) is 42.1. The predicted octanol–water partition coefficient (Wildman–Crippen LogP) is 0.337. The molecule has 17 nitrogen and oxygen atoms in total. The van der Waals surface area contributed by atoms with E-state index in [9.17, 15) is 48.9 Å². The molecule has 0 unspecified atom stereocenters. The molecule has 3 aromatic rings. The minimum Gasteiger partial charge on any atom is -0.480 e. The number of hydrogen-bond acceptors (Lipinski definition) is 12. The Labute approximate surface area is 318 Å². The number of aliphatic carboxylic acids is 3. The van der Waals surface area contributed by atoms with Crippen molar-refractivity contribution in [3.8, 4) is 11.1 Å². The Hall–Kier alpha value is -5.62. The van der Waals surface area contributed by atoms with Crippen molar-refractivity contribution < 1.29 is 48.9 Å². The molecule has 1 fully saturated rings. The van der Waals surface area contributed by atoms with E-state index in [1.165, 1.54) is 4.90 Å². The Morgan fingerprint density at radius 3 is 1.69 bits per heavy atom. The maximum atomic E-state index is 13.5. The lowest BCUT2D eigenvalue weighted by atomic mass is 10.00. The fourth-order valence-electron chi connectivity index (χ4n) is 6.32. The van der Waals surface area contributed by atoms with E-state index in [1.807, 2.05) is 30.3 Å². The number of pyridine rings is 1. The normalized spacial score (nSPS) is 15.3. The van der Waals surface area contributed by atoms with Gasteiger partial charge in [-0.25, -0.2) is 0 Å². The lowest BCUT2D eigenvalue weighted by Crippen LogP contribution is -2.50. The van der Waals surface area contributed by atoms with Crippen molar-refractivity contribution in [2.75, 3.05) is 98.2 Å². The van der Waals surface area contributed by atoms with Crippen LogP contribution in [-0.4, -0.2) is 185 Å². The van der Waals surface area contributed by atoms with Crippen LogP contribution in [0.3, 0.4) is 0 Å².